The summed E-state index contributed by atoms with van der Waals surface area (Å²) in [6, 6.07) is 7.52. The lowest BCUT2D eigenvalue weighted by Gasteiger charge is -2.34. The van der Waals surface area contributed by atoms with E-state index in [2.05, 4.69) is 17.6 Å². The summed E-state index contributed by atoms with van der Waals surface area (Å²) in [7, 11) is 0. The van der Waals surface area contributed by atoms with Crippen LogP contribution in [0.25, 0.3) is 0 Å². The van der Waals surface area contributed by atoms with Gasteiger partial charge in [-0.05, 0) is 38.0 Å². The van der Waals surface area contributed by atoms with Crippen molar-refractivity contribution in [2.75, 3.05) is 25.0 Å². The second kappa shape index (κ2) is 7.79. The first-order valence-electron chi connectivity index (χ1n) is 9.08. The second-order valence-corrected chi connectivity index (χ2v) is 6.96. The van der Waals surface area contributed by atoms with Crippen LogP contribution in [0.1, 0.15) is 49.4 Å². The minimum absolute atomic E-state index is 0.0396. The van der Waals surface area contributed by atoms with Crippen LogP contribution in [0.3, 0.4) is 0 Å². The van der Waals surface area contributed by atoms with Crippen molar-refractivity contribution in [1.82, 2.24) is 10.2 Å². The van der Waals surface area contributed by atoms with Crippen molar-refractivity contribution in [1.29, 1.82) is 0 Å². The molecule has 0 bridgehead atoms. The van der Waals surface area contributed by atoms with Gasteiger partial charge in [-0.25, -0.2) is 0 Å². The van der Waals surface area contributed by atoms with Crippen LogP contribution in [0.2, 0.25) is 0 Å². The van der Waals surface area contributed by atoms with Gasteiger partial charge in [0.1, 0.15) is 0 Å². The molecule has 1 atom stereocenters. The van der Waals surface area contributed by atoms with Gasteiger partial charge < -0.3 is 15.5 Å². The van der Waals surface area contributed by atoms with E-state index in [-0.39, 0.29) is 23.8 Å². The number of hydrogen-bond donors (Lipinski definition) is 2. The molecule has 130 valence electrons. The maximum absolute atomic E-state index is 12.7. The normalized spacial score (nSPS) is 22.2. The zero-order valence-electron chi connectivity index (χ0n) is 14.4. The first-order valence-corrected chi connectivity index (χ1v) is 9.08. The molecule has 1 heterocycles. The predicted molar refractivity (Wildman–Crippen MR) is 95.0 cm³/mol. The van der Waals surface area contributed by atoms with E-state index in [1.54, 1.807) is 6.07 Å². The topological polar surface area (TPSA) is 61.4 Å². The van der Waals surface area contributed by atoms with Crippen LogP contribution in [0.15, 0.2) is 24.3 Å². The number of hydrogen-bond acceptors (Lipinski definition) is 3. The van der Waals surface area contributed by atoms with Gasteiger partial charge in [-0.2, -0.15) is 0 Å². The number of carbonyl (C=O) groups is 2. The van der Waals surface area contributed by atoms with Gasteiger partial charge >= 0.3 is 0 Å². The van der Waals surface area contributed by atoms with Gasteiger partial charge in [0.05, 0.1) is 0 Å². The second-order valence-electron chi connectivity index (χ2n) is 6.96. The highest BCUT2D eigenvalue weighted by Crippen LogP contribution is 2.25. The van der Waals surface area contributed by atoms with Gasteiger partial charge in [0.15, 0.2) is 0 Å². The van der Waals surface area contributed by atoms with E-state index in [9.17, 15) is 9.59 Å². The molecule has 2 amide bonds. The first-order chi connectivity index (χ1) is 11.6. The van der Waals surface area contributed by atoms with Gasteiger partial charge in [0.2, 0.25) is 5.91 Å². The summed E-state index contributed by atoms with van der Waals surface area (Å²) in [4.78, 5) is 27.0. The number of benzene rings is 1. The van der Waals surface area contributed by atoms with Crippen molar-refractivity contribution in [2.24, 2.45) is 5.92 Å². The Hall–Kier alpha value is -1.88. The summed E-state index contributed by atoms with van der Waals surface area (Å²) in [6.07, 6.45) is 5.46. The lowest BCUT2D eigenvalue weighted by atomic mass is 9.88. The first kappa shape index (κ1) is 17.0. The fourth-order valence-corrected chi connectivity index (χ4v) is 3.65. The fraction of sp³-hybridized carbons (Fsp3) is 0.579. The Morgan fingerprint density at radius 1 is 1.21 bits per heavy atom. The summed E-state index contributed by atoms with van der Waals surface area (Å²) < 4.78 is 0. The predicted octanol–water partition coefficient (Wildman–Crippen LogP) is 2.64. The molecule has 3 rings (SSSR count). The Morgan fingerprint density at radius 3 is 2.75 bits per heavy atom. The van der Waals surface area contributed by atoms with Crippen LogP contribution < -0.4 is 10.6 Å². The number of rotatable bonds is 3. The average molecular weight is 329 g/mol. The van der Waals surface area contributed by atoms with Crippen molar-refractivity contribution in [3.63, 3.8) is 0 Å². The zero-order valence-corrected chi connectivity index (χ0v) is 14.4. The lowest BCUT2D eigenvalue weighted by Crippen LogP contribution is -2.52. The third-order valence-electron chi connectivity index (χ3n) is 5.12. The molecule has 1 aliphatic carbocycles. The Kier molecular flexibility index (Phi) is 5.51. The summed E-state index contributed by atoms with van der Waals surface area (Å²) >= 11 is 0. The molecule has 2 aliphatic rings. The molecule has 2 N–H and O–H groups in total. The lowest BCUT2D eigenvalue weighted by molar-refractivity contribution is -0.120. The molecule has 2 fully saturated rings. The van der Waals surface area contributed by atoms with Crippen molar-refractivity contribution in [3.05, 3.63) is 29.8 Å². The maximum atomic E-state index is 12.7. The number of anilines is 1. The standard InChI is InChI=1S/C19H27N3O2/c1-14-13-20-10-11-22(14)19(24)16-8-5-9-17(12-16)21-18(23)15-6-3-2-4-7-15/h5,8-9,12,14-15,20H,2-4,6-7,10-11,13H2,1H3,(H,21,23)/t14-/m1/s1. The molecule has 0 aromatic heterocycles. The molecule has 5 heteroatoms. The van der Waals surface area contributed by atoms with E-state index < -0.39 is 0 Å². The van der Waals surface area contributed by atoms with Gasteiger partial charge in [0.25, 0.3) is 5.91 Å². The molecule has 24 heavy (non-hydrogen) atoms. The summed E-state index contributed by atoms with van der Waals surface area (Å²) in [5.41, 5.74) is 1.37. The molecule has 1 aromatic carbocycles. The zero-order chi connectivity index (χ0) is 16.9. The molecule has 1 saturated heterocycles. The Bertz CT molecular complexity index is 596. The Labute approximate surface area is 143 Å². The molecular weight excluding hydrogens is 302 g/mol. The smallest absolute Gasteiger partial charge is 0.254 e. The summed E-state index contributed by atoms with van der Waals surface area (Å²) in [5, 5.41) is 6.29. The number of nitrogens with zero attached hydrogens (tertiary/aromatic N) is 1. The molecule has 5 nitrogen and oxygen atoms in total. The number of piperazine rings is 1. The van der Waals surface area contributed by atoms with Crippen molar-refractivity contribution in [2.45, 2.75) is 45.1 Å². The minimum Gasteiger partial charge on any atom is -0.333 e. The van der Waals surface area contributed by atoms with Crippen LogP contribution in [0.5, 0.6) is 0 Å². The highest BCUT2D eigenvalue weighted by molar-refractivity contribution is 5.97. The molecule has 0 unspecified atom stereocenters. The number of amides is 2. The van der Waals surface area contributed by atoms with Crippen LogP contribution in [0.4, 0.5) is 5.69 Å². The van der Waals surface area contributed by atoms with Crippen molar-refractivity contribution in [3.8, 4) is 0 Å². The highest BCUT2D eigenvalue weighted by Gasteiger charge is 2.25. The largest absolute Gasteiger partial charge is 0.333 e. The Balaban J connectivity index is 1.67. The van der Waals surface area contributed by atoms with E-state index in [0.717, 1.165) is 51.0 Å². The van der Waals surface area contributed by atoms with Crippen molar-refractivity contribution >= 4 is 17.5 Å². The average Bonchev–Trinajstić information content (AvgIpc) is 2.62. The molecular formula is C19H27N3O2. The van der Waals surface area contributed by atoms with E-state index in [1.807, 2.05) is 23.1 Å². The van der Waals surface area contributed by atoms with Gasteiger partial charge in [0, 0.05) is 42.8 Å². The van der Waals surface area contributed by atoms with E-state index in [4.69, 9.17) is 0 Å². The van der Waals surface area contributed by atoms with Crippen LogP contribution in [-0.4, -0.2) is 42.4 Å². The van der Waals surface area contributed by atoms with Crippen LogP contribution in [0, 0.1) is 5.92 Å². The minimum atomic E-state index is 0.0396. The fourth-order valence-electron chi connectivity index (χ4n) is 3.65. The third kappa shape index (κ3) is 3.96. The van der Waals surface area contributed by atoms with Crippen molar-refractivity contribution < 1.29 is 9.59 Å². The maximum Gasteiger partial charge on any atom is 0.254 e. The van der Waals surface area contributed by atoms with E-state index in [1.165, 1.54) is 6.42 Å². The quantitative estimate of drug-likeness (QED) is 0.896. The Morgan fingerprint density at radius 2 is 2.00 bits per heavy atom. The molecule has 1 saturated carbocycles. The monoisotopic (exact) mass is 329 g/mol. The number of nitrogens with one attached hydrogen (secondary N) is 2. The van der Waals surface area contributed by atoms with Gasteiger partial charge in [-0.15, -0.1) is 0 Å². The highest BCUT2D eigenvalue weighted by atomic mass is 16.2. The third-order valence-corrected chi connectivity index (χ3v) is 5.12. The van der Waals surface area contributed by atoms with Gasteiger partial charge in [-0.1, -0.05) is 25.3 Å². The number of carbonyl (C=O) groups excluding carboxylic acids is 2. The van der Waals surface area contributed by atoms with Crippen LogP contribution >= 0.6 is 0 Å². The molecule has 0 spiro atoms. The summed E-state index contributed by atoms with van der Waals surface area (Å²) in [5.74, 6) is 0.249. The molecule has 1 aliphatic heterocycles. The van der Waals surface area contributed by atoms with E-state index >= 15 is 0 Å². The van der Waals surface area contributed by atoms with Gasteiger partial charge in [-0.3, -0.25) is 9.59 Å². The molecule has 0 radical (unpaired) electrons. The van der Waals surface area contributed by atoms with Crippen LogP contribution in [-0.2, 0) is 4.79 Å². The summed E-state index contributed by atoms with van der Waals surface area (Å²) in [6.45, 7) is 4.43. The SMILES string of the molecule is C[C@@H]1CNCCN1C(=O)c1cccc(NC(=O)C2CCCCC2)c1. The molecule has 1 aromatic rings. The van der Waals surface area contributed by atoms with E-state index in [0.29, 0.717) is 5.56 Å².